The van der Waals surface area contributed by atoms with Crippen LogP contribution >= 0.6 is 24.0 Å². The summed E-state index contributed by atoms with van der Waals surface area (Å²) < 4.78 is 10.8. The van der Waals surface area contributed by atoms with E-state index in [1.807, 2.05) is 0 Å². The summed E-state index contributed by atoms with van der Waals surface area (Å²) in [5.41, 5.74) is 2.29. The molecular formula is C20H35IN4O2. The zero-order valence-corrected chi connectivity index (χ0v) is 19.2. The predicted octanol–water partition coefficient (Wildman–Crippen LogP) is 3.19. The fraction of sp³-hybridized carbons (Fsp3) is 0.650. The lowest BCUT2D eigenvalue weighted by Gasteiger charge is -2.22. The van der Waals surface area contributed by atoms with Crippen molar-refractivity contribution in [3.63, 3.8) is 0 Å². The number of ether oxygens (including phenoxy) is 2. The summed E-state index contributed by atoms with van der Waals surface area (Å²) in [7, 11) is 3.77. The highest BCUT2D eigenvalue weighted by Gasteiger charge is 2.21. The van der Waals surface area contributed by atoms with Gasteiger partial charge in [-0.1, -0.05) is 12.1 Å². The maximum absolute atomic E-state index is 5.73. The van der Waals surface area contributed by atoms with Crippen molar-refractivity contribution in [3.05, 3.63) is 29.8 Å². The number of methoxy groups -OCH3 is 1. The molecule has 1 aromatic rings. The first-order valence-corrected chi connectivity index (χ1v) is 9.62. The van der Waals surface area contributed by atoms with Crippen LogP contribution in [0.2, 0.25) is 0 Å². The third-order valence-corrected chi connectivity index (χ3v) is 4.32. The Labute approximate surface area is 181 Å². The standard InChI is InChI=1S/C20H34N4O2.HI/c1-4-21-20(24(2)12-14-26-16-18-5-6-18)23-15-17-7-9-19(10-8-17)22-11-13-25-3;/h7-10,18,22H,4-6,11-16H2,1-3H3,(H,21,23);1H. The second-order valence-electron chi connectivity index (χ2n) is 6.73. The van der Waals surface area contributed by atoms with Crippen LogP contribution in [0.25, 0.3) is 0 Å². The predicted molar refractivity (Wildman–Crippen MR) is 123 cm³/mol. The van der Waals surface area contributed by atoms with E-state index in [-0.39, 0.29) is 24.0 Å². The Morgan fingerprint density at radius 1 is 1.22 bits per heavy atom. The van der Waals surface area contributed by atoms with Gasteiger partial charge in [0.1, 0.15) is 0 Å². The van der Waals surface area contributed by atoms with E-state index >= 15 is 0 Å². The maximum Gasteiger partial charge on any atom is 0.194 e. The summed E-state index contributed by atoms with van der Waals surface area (Å²) in [4.78, 5) is 6.89. The number of nitrogens with zero attached hydrogens (tertiary/aromatic N) is 2. The van der Waals surface area contributed by atoms with Crippen LogP contribution in [0.1, 0.15) is 25.3 Å². The minimum atomic E-state index is 0. The fourth-order valence-electron chi connectivity index (χ4n) is 2.50. The van der Waals surface area contributed by atoms with Gasteiger partial charge in [0.05, 0.1) is 19.8 Å². The maximum atomic E-state index is 5.73. The normalized spacial score (nSPS) is 13.8. The Morgan fingerprint density at radius 2 is 1.96 bits per heavy atom. The van der Waals surface area contributed by atoms with Crippen molar-refractivity contribution in [3.8, 4) is 0 Å². The molecule has 0 unspecified atom stereocenters. The van der Waals surface area contributed by atoms with E-state index in [9.17, 15) is 0 Å². The summed E-state index contributed by atoms with van der Waals surface area (Å²) in [5, 5.41) is 6.68. The summed E-state index contributed by atoms with van der Waals surface area (Å²) in [6, 6.07) is 8.40. The van der Waals surface area contributed by atoms with E-state index < -0.39 is 0 Å². The number of anilines is 1. The van der Waals surface area contributed by atoms with Gasteiger partial charge >= 0.3 is 0 Å². The van der Waals surface area contributed by atoms with Crippen molar-refractivity contribution >= 4 is 35.6 Å². The van der Waals surface area contributed by atoms with Crippen molar-refractivity contribution in [2.45, 2.75) is 26.3 Å². The Morgan fingerprint density at radius 3 is 2.59 bits per heavy atom. The number of likely N-dealkylation sites (N-methyl/N-ethyl adjacent to an activating group) is 1. The molecule has 0 heterocycles. The van der Waals surface area contributed by atoms with Crippen molar-refractivity contribution in [1.29, 1.82) is 0 Å². The highest BCUT2D eigenvalue weighted by atomic mass is 127. The molecule has 1 fully saturated rings. The summed E-state index contributed by atoms with van der Waals surface area (Å²) >= 11 is 0. The molecule has 2 rings (SSSR count). The minimum absolute atomic E-state index is 0. The molecule has 1 aromatic carbocycles. The number of benzene rings is 1. The molecule has 1 saturated carbocycles. The van der Waals surface area contributed by atoms with Crippen molar-refractivity contribution in [2.24, 2.45) is 10.9 Å². The summed E-state index contributed by atoms with van der Waals surface area (Å²) in [5.74, 6) is 1.74. The first-order chi connectivity index (χ1) is 12.7. The Kier molecular flexibility index (Phi) is 12.4. The molecule has 0 amide bonds. The van der Waals surface area contributed by atoms with Crippen molar-refractivity contribution in [1.82, 2.24) is 10.2 Å². The number of guanidine groups is 1. The SMILES string of the molecule is CCNC(=NCc1ccc(NCCOC)cc1)N(C)CCOCC1CC1.I. The van der Waals surface area contributed by atoms with Crippen LogP contribution in [0, 0.1) is 5.92 Å². The average molecular weight is 490 g/mol. The Bertz CT molecular complexity index is 535. The van der Waals surface area contributed by atoms with Gasteiger partial charge in [-0.15, -0.1) is 24.0 Å². The molecule has 27 heavy (non-hydrogen) atoms. The van der Waals surface area contributed by atoms with Crippen LogP contribution in [-0.4, -0.2) is 64.5 Å². The van der Waals surface area contributed by atoms with Crippen LogP contribution < -0.4 is 10.6 Å². The number of rotatable bonds is 12. The zero-order chi connectivity index (χ0) is 18.6. The molecule has 0 saturated heterocycles. The molecule has 1 aliphatic carbocycles. The monoisotopic (exact) mass is 490 g/mol. The van der Waals surface area contributed by atoms with Crippen molar-refractivity contribution in [2.75, 3.05) is 58.9 Å². The number of halogens is 1. The lowest BCUT2D eigenvalue weighted by Crippen LogP contribution is -2.40. The topological polar surface area (TPSA) is 58.1 Å². The second kappa shape index (κ2) is 14.0. The molecule has 6 nitrogen and oxygen atoms in total. The van der Waals surface area contributed by atoms with Crippen molar-refractivity contribution < 1.29 is 9.47 Å². The molecule has 0 radical (unpaired) electrons. The average Bonchev–Trinajstić information content (AvgIpc) is 3.48. The smallest absolute Gasteiger partial charge is 0.194 e. The highest BCUT2D eigenvalue weighted by molar-refractivity contribution is 14.0. The lowest BCUT2D eigenvalue weighted by atomic mass is 10.2. The van der Waals surface area contributed by atoms with Gasteiger partial charge in [-0.05, 0) is 43.4 Å². The van der Waals surface area contributed by atoms with E-state index in [2.05, 4.69) is 53.8 Å². The Balaban J connectivity index is 0.00000364. The van der Waals surface area contributed by atoms with Gasteiger partial charge in [-0.25, -0.2) is 4.99 Å². The number of nitrogens with one attached hydrogen (secondary N) is 2. The molecule has 7 heteroatoms. The minimum Gasteiger partial charge on any atom is -0.383 e. The first-order valence-electron chi connectivity index (χ1n) is 9.62. The summed E-state index contributed by atoms with van der Waals surface area (Å²) in [6.07, 6.45) is 2.67. The molecule has 0 atom stereocenters. The third kappa shape index (κ3) is 10.2. The molecule has 2 N–H and O–H groups in total. The number of hydrogen-bond donors (Lipinski definition) is 2. The van der Waals surface area contributed by atoms with Gasteiger partial charge in [-0.2, -0.15) is 0 Å². The van der Waals surface area contributed by atoms with E-state index in [0.29, 0.717) is 13.2 Å². The molecule has 0 spiro atoms. The fourth-order valence-corrected chi connectivity index (χ4v) is 2.50. The molecule has 0 bridgehead atoms. The molecule has 0 aromatic heterocycles. The third-order valence-electron chi connectivity index (χ3n) is 4.32. The summed E-state index contributed by atoms with van der Waals surface area (Å²) in [6.45, 7) is 7.63. The van der Waals surface area contributed by atoms with Gasteiger partial charge in [0.2, 0.25) is 0 Å². The first kappa shape index (κ1) is 24.0. The van der Waals surface area contributed by atoms with Gasteiger partial charge in [0, 0.05) is 46.1 Å². The lowest BCUT2D eigenvalue weighted by molar-refractivity contribution is 0.115. The van der Waals surface area contributed by atoms with E-state index in [1.54, 1.807) is 7.11 Å². The second-order valence-corrected chi connectivity index (χ2v) is 6.73. The molecule has 154 valence electrons. The van der Waals surface area contributed by atoms with Gasteiger partial charge < -0.3 is 25.0 Å². The molecular weight excluding hydrogens is 455 g/mol. The van der Waals surface area contributed by atoms with Gasteiger partial charge in [0.25, 0.3) is 0 Å². The van der Waals surface area contributed by atoms with Crippen LogP contribution in [-0.2, 0) is 16.0 Å². The van der Waals surface area contributed by atoms with Gasteiger partial charge in [0.15, 0.2) is 5.96 Å². The van der Waals surface area contributed by atoms with Gasteiger partial charge in [-0.3, -0.25) is 0 Å². The molecule has 0 aliphatic heterocycles. The quantitative estimate of drug-likeness (QED) is 0.204. The van der Waals surface area contributed by atoms with E-state index in [4.69, 9.17) is 14.5 Å². The number of hydrogen-bond acceptors (Lipinski definition) is 4. The Hall–Kier alpha value is -1.06. The van der Waals surface area contributed by atoms with E-state index in [0.717, 1.165) is 50.4 Å². The van der Waals surface area contributed by atoms with Crippen LogP contribution in [0.15, 0.2) is 29.3 Å². The van der Waals surface area contributed by atoms with Crippen LogP contribution in [0.5, 0.6) is 0 Å². The molecule has 1 aliphatic rings. The number of aliphatic imine (C=N–C) groups is 1. The largest absolute Gasteiger partial charge is 0.383 e. The van der Waals surface area contributed by atoms with Crippen LogP contribution in [0.4, 0.5) is 5.69 Å². The van der Waals surface area contributed by atoms with E-state index in [1.165, 1.54) is 18.4 Å². The zero-order valence-electron chi connectivity index (χ0n) is 16.9. The van der Waals surface area contributed by atoms with Crippen LogP contribution in [0.3, 0.4) is 0 Å². The highest BCUT2D eigenvalue weighted by Crippen LogP contribution is 2.28.